The first-order valence-electron chi connectivity index (χ1n) is 10.6. The molecular formula is C24H25N3O3S. The zero-order chi connectivity index (χ0) is 21.6. The van der Waals surface area contributed by atoms with Crippen LogP contribution < -0.4 is 4.72 Å². The zero-order valence-electron chi connectivity index (χ0n) is 17.3. The van der Waals surface area contributed by atoms with Crippen molar-refractivity contribution in [1.82, 2.24) is 14.3 Å². The van der Waals surface area contributed by atoms with Gasteiger partial charge in [0.25, 0.3) is 0 Å². The highest BCUT2D eigenvalue weighted by molar-refractivity contribution is 7.89. The molecule has 0 radical (unpaired) electrons. The smallest absolute Gasteiger partial charge is 0.240 e. The monoisotopic (exact) mass is 435 g/mol. The van der Waals surface area contributed by atoms with Crippen LogP contribution in [0.15, 0.2) is 71.9 Å². The number of rotatable bonds is 4. The lowest BCUT2D eigenvalue weighted by Crippen LogP contribution is -2.49. The second-order valence-electron chi connectivity index (χ2n) is 8.31. The Balaban J connectivity index is 1.51. The number of benzene rings is 2. The van der Waals surface area contributed by atoms with Crippen LogP contribution in [0.3, 0.4) is 0 Å². The molecule has 5 rings (SSSR count). The summed E-state index contributed by atoms with van der Waals surface area (Å²) < 4.78 is 30.8. The minimum absolute atomic E-state index is 0.216. The van der Waals surface area contributed by atoms with E-state index in [9.17, 15) is 13.5 Å². The van der Waals surface area contributed by atoms with Gasteiger partial charge in [0.15, 0.2) is 0 Å². The van der Waals surface area contributed by atoms with Crippen molar-refractivity contribution in [2.45, 2.75) is 49.3 Å². The average molecular weight is 436 g/mol. The largest absolute Gasteiger partial charge is 0.389 e. The van der Waals surface area contributed by atoms with Crippen molar-refractivity contribution in [3.63, 3.8) is 0 Å². The first-order valence-corrected chi connectivity index (χ1v) is 12.0. The highest BCUT2D eigenvalue weighted by Gasteiger charge is 2.36. The fourth-order valence-electron chi connectivity index (χ4n) is 4.76. The fraction of sp³-hybridized carbons (Fsp3) is 0.292. The van der Waals surface area contributed by atoms with Gasteiger partial charge in [0, 0.05) is 22.5 Å². The maximum atomic E-state index is 12.9. The lowest BCUT2D eigenvalue weighted by atomic mass is 9.88. The van der Waals surface area contributed by atoms with Crippen LogP contribution in [0.5, 0.6) is 0 Å². The Hall–Kier alpha value is -2.74. The average Bonchev–Trinajstić information content (AvgIpc) is 3.10. The maximum absolute atomic E-state index is 12.9. The Labute approximate surface area is 181 Å². The van der Waals surface area contributed by atoms with Crippen molar-refractivity contribution in [3.8, 4) is 0 Å². The van der Waals surface area contributed by atoms with Crippen molar-refractivity contribution >= 4 is 31.8 Å². The van der Waals surface area contributed by atoms with E-state index in [0.29, 0.717) is 6.42 Å². The molecule has 2 aromatic heterocycles. The molecule has 0 amide bonds. The quantitative estimate of drug-likeness (QED) is 0.509. The van der Waals surface area contributed by atoms with E-state index in [4.69, 9.17) is 0 Å². The van der Waals surface area contributed by atoms with Gasteiger partial charge in [-0.15, -0.1) is 0 Å². The minimum Gasteiger partial charge on any atom is -0.389 e. The molecule has 3 atom stereocenters. The number of aliphatic hydroxyl groups excluding tert-OH is 1. The van der Waals surface area contributed by atoms with E-state index in [2.05, 4.69) is 20.3 Å². The Kier molecular flexibility index (Phi) is 5.04. The van der Waals surface area contributed by atoms with Crippen LogP contribution in [0.2, 0.25) is 0 Å². The van der Waals surface area contributed by atoms with Crippen LogP contribution in [0.4, 0.5) is 0 Å². The van der Waals surface area contributed by atoms with Gasteiger partial charge in [-0.3, -0.25) is 4.98 Å². The summed E-state index contributed by atoms with van der Waals surface area (Å²) in [5, 5.41) is 13.5. The number of aromatic nitrogens is 2. The van der Waals surface area contributed by atoms with E-state index in [0.717, 1.165) is 40.2 Å². The zero-order valence-corrected chi connectivity index (χ0v) is 18.1. The van der Waals surface area contributed by atoms with Crippen LogP contribution in [-0.2, 0) is 10.0 Å². The molecule has 1 aliphatic rings. The lowest BCUT2D eigenvalue weighted by Gasteiger charge is -2.36. The Bertz CT molecular complexity index is 1290. The van der Waals surface area contributed by atoms with Crippen LogP contribution in [-0.4, -0.2) is 35.2 Å². The van der Waals surface area contributed by atoms with E-state index in [1.165, 1.54) is 0 Å². The SMILES string of the molecule is Cc1ccc(S(=O)(=O)N[C@H]2CCCC(n3c4ccccc4c4ccncc43)[C@@H]2O)cc1. The van der Waals surface area contributed by atoms with Crippen molar-refractivity contribution in [1.29, 1.82) is 0 Å². The molecule has 1 saturated carbocycles. The highest BCUT2D eigenvalue weighted by atomic mass is 32.2. The highest BCUT2D eigenvalue weighted by Crippen LogP contribution is 2.37. The van der Waals surface area contributed by atoms with Crippen LogP contribution in [0, 0.1) is 6.92 Å². The number of aryl methyl sites for hydroxylation is 1. The predicted octanol–water partition coefficient (Wildman–Crippen LogP) is 3.93. The molecule has 2 N–H and O–H groups in total. The van der Waals surface area contributed by atoms with E-state index in [1.807, 2.05) is 37.4 Å². The fourth-order valence-corrected chi connectivity index (χ4v) is 6.04. The number of nitrogens with one attached hydrogen (secondary N) is 1. The number of fused-ring (bicyclic) bond motifs is 3. The molecule has 0 bridgehead atoms. The molecule has 1 fully saturated rings. The van der Waals surface area contributed by atoms with Gasteiger partial charge in [0.2, 0.25) is 10.0 Å². The molecule has 2 aromatic carbocycles. The molecule has 1 aliphatic carbocycles. The van der Waals surface area contributed by atoms with Gasteiger partial charge < -0.3 is 9.67 Å². The standard InChI is InChI=1S/C24H25N3O3S/c1-16-9-11-17(12-10-16)31(29,30)26-20-6-4-8-22(24(20)28)27-21-7-3-2-5-18(21)19-13-14-25-15-23(19)27/h2-3,5,7,9-15,20,22,24,26,28H,4,6,8H2,1H3/t20-,22?,24+/m0/s1. The minimum atomic E-state index is -3.72. The first kappa shape index (κ1) is 20.2. The number of hydrogen-bond acceptors (Lipinski definition) is 4. The summed E-state index contributed by atoms with van der Waals surface area (Å²) in [6, 6.07) is 16.0. The van der Waals surface area contributed by atoms with Crippen LogP contribution in [0.1, 0.15) is 30.9 Å². The van der Waals surface area contributed by atoms with Crippen LogP contribution in [0.25, 0.3) is 21.8 Å². The molecule has 0 saturated heterocycles. The van der Waals surface area contributed by atoms with E-state index in [-0.39, 0.29) is 10.9 Å². The van der Waals surface area contributed by atoms with Crippen molar-refractivity contribution in [3.05, 3.63) is 72.6 Å². The third-order valence-corrected chi connectivity index (χ3v) is 7.81. The topological polar surface area (TPSA) is 84.2 Å². The van der Waals surface area contributed by atoms with E-state index in [1.54, 1.807) is 30.5 Å². The number of sulfonamides is 1. The summed E-state index contributed by atoms with van der Waals surface area (Å²) in [6.45, 7) is 1.92. The number of para-hydroxylation sites is 1. The van der Waals surface area contributed by atoms with Gasteiger partial charge in [-0.05, 0) is 50.5 Å². The third kappa shape index (κ3) is 3.52. The van der Waals surface area contributed by atoms with Crippen molar-refractivity contribution in [2.75, 3.05) is 0 Å². The predicted molar refractivity (Wildman–Crippen MR) is 121 cm³/mol. The normalized spacial score (nSPS) is 22.2. The molecule has 4 aromatic rings. The second-order valence-corrected chi connectivity index (χ2v) is 10.0. The number of nitrogens with zero attached hydrogens (tertiary/aromatic N) is 2. The van der Waals surface area contributed by atoms with Gasteiger partial charge >= 0.3 is 0 Å². The van der Waals surface area contributed by atoms with E-state index >= 15 is 0 Å². The summed E-state index contributed by atoms with van der Waals surface area (Å²) >= 11 is 0. The van der Waals surface area contributed by atoms with Gasteiger partial charge in [-0.2, -0.15) is 0 Å². The first-order chi connectivity index (χ1) is 15.0. The van der Waals surface area contributed by atoms with Crippen molar-refractivity contribution in [2.24, 2.45) is 0 Å². The molecule has 0 spiro atoms. The molecular weight excluding hydrogens is 410 g/mol. The molecule has 160 valence electrons. The number of aliphatic hydroxyl groups is 1. The van der Waals surface area contributed by atoms with Gasteiger partial charge in [0.1, 0.15) is 0 Å². The molecule has 31 heavy (non-hydrogen) atoms. The molecule has 7 heteroatoms. The second kappa shape index (κ2) is 7.75. The van der Waals surface area contributed by atoms with Gasteiger partial charge in [-0.25, -0.2) is 13.1 Å². The Morgan fingerprint density at radius 2 is 1.74 bits per heavy atom. The Morgan fingerprint density at radius 3 is 2.55 bits per heavy atom. The lowest BCUT2D eigenvalue weighted by molar-refractivity contribution is 0.0546. The number of pyridine rings is 1. The third-order valence-electron chi connectivity index (χ3n) is 6.30. The molecule has 0 aliphatic heterocycles. The van der Waals surface area contributed by atoms with Gasteiger partial charge in [-0.1, -0.05) is 35.9 Å². The maximum Gasteiger partial charge on any atom is 0.240 e. The summed E-state index contributed by atoms with van der Waals surface area (Å²) in [4.78, 5) is 4.52. The Morgan fingerprint density at radius 1 is 1.00 bits per heavy atom. The summed E-state index contributed by atoms with van der Waals surface area (Å²) in [6.07, 6.45) is 4.92. The summed E-state index contributed by atoms with van der Waals surface area (Å²) in [7, 11) is -3.72. The summed E-state index contributed by atoms with van der Waals surface area (Å²) in [5.74, 6) is 0. The van der Waals surface area contributed by atoms with Crippen LogP contribution >= 0.6 is 0 Å². The van der Waals surface area contributed by atoms with E-state index < -0.39 is 22.2 Å². The van der Waals surface area contributed by atoms with Gasteiger partial charge in [0.05, 0.1) is 34.8 Å². The number of hydrogen-bond donors (Lipinski definition) is 2. The van der Waals surface area contributed by atoms with Crippen molar-refractivity contribution < 1.29 is 13.5 Å². The molecule has 2 heterocycles. The molecule has 6 nitrogen and oxygen atoms in total. The summed E-state index contributed by atoms with van der Waals surface area (Å²) in [5.41, 5.74) is 2.98. The molecule has 1 unspecified atom stereocenters.